The van der Waals surface area contributed by atoms with Crippen molar-refractivity contribution in [1.29, 1.82) is 5.26 Å². The van der Waals surface area contributed by atoms with Gasteiger partial charge in [-0.1, -0.05) is 5.16 Å². The maximum Gasteiger partial charge on any atom is 0.228 e. The highest BCUT2D eigenvalue weighted by molar-refractivity contribution is 5.54. The van der Waals surface area contributed by atoms with Crippen molar-refractivity contribution >= 4 is 11.5 Å². The lowest BCUT2D eigenvalue weighted by atomic mass is 10.3. The van der Waals surface area contributed by atoms with E-state index in [2.05, 4.69) is 20.4 Å². The van der Waals surface area contributed by atoms with Crippen molar-refractivity contribution in [3.63, 3.8) is 0 Å². The summed E-state index contributed by atoms with van der Waals surface area (Å²) in [6.07, 6.45) is 1.94. The smallest absolute Gasteiger partial charge is 0.228 e. The van der Waals surface area contributed by atoms with Gasteiger partial charge in [0.2, 0.25) is 5.89 Å². The Morgan fingerprint density at radius 1 is 1.47 bits per heavy atom. The molecule has 0 aliphatic heterocycles. The highest BCUT2D eigenvalue weighted by atomic mass is 16.5. The topological polar surface area (TPSA) is 114 Å². The zero-order valence-corrected chi connectivity index (χ0v) is 8.92. The van der Waals surface area contributed by atoms with Crippen molar-refractivity contribution in [2.24, 2.45) is 0 Å². The number of aromatic nitrogens is 3. The minimum absolute atomic E-state index is 0.216. The molecule has 2 heterocycles. The van der Waals surface area contributed by atoms with Crippen molar-refractivity contribution < 1.29 is 4.52 Å². The fraction of sp³-hybridized carbons (Fsp3) is 0.200. The van der Waals surface area contributed by atoms with E-state index in [-0.39, 0.29) is 5.69 Å². The molecular weight excluding hydrogens is 220 g/mol. The second-order valence-electron chi connectivity index (χ2n) is 3.26. The second kappa shape index (κ2) is 4.94. The van der Waals surface area contributed by atoms with Gasteiger partial charge in [0, 0.05) is 13.0 Å². The molecule has 3 N–H and O–H groups in total. The Kier molecular flexibility index (Phi) is 3.16. The molecule has 2 aromatic heterocycles. The number of nitriles is 1. The molecule has 0 radical (unpaired) electrons. The van der Waals surface area contributed by atoms with E-state index >= 15 is 0 Å². The summed E-state index contributed by atoms with van der Waals surface area (Å²) in [5, 5.41) is 15.3. The average molecular weight is 230 g/mol. The van der Waals surface area contributed by atoms with Gasteiger partial charge in [0.1, 0.15) is 11.9 Å². The Balaban J connectivity index is 1.93. The molecule has 0 aromatic carbocycles. The molecule has 2 rings (SSSR count). The van der Waals surface area contributed by atoms with Gasteiger partial charge in [-0.25, -0.2) is 4.98 Å². The summed E-state index contributed by atoms with van der Waals surface area (Å²) in [4.78, 5) is 7.93. The quantitative estimate of drug-likeness (QED) is 0.789. The monoisotopic (exact) mass is 230 g/mol. The predicted octanol–water partition coefficient (Wildman–Crippen LogP) is 0.573. The maximum atomic E-state index is 8.76. The van der Waals surface area contributed by atoms with Gasteiger partial charge in [-0.3, -0.25) is 0 Å². The third-order valence-electron chi connectivity index (χ3n) is 2.08. The van der Waals surface area contributed by atoms with Crippen LogP contribution in [0.3, 0.4) is 0 Å². The highest BCUT2D eigenvalue weighted by Crippen LogP contribution is 2.11. The Morgan fingerprint density at radius 2 is 2.35 bits per heavy atom. The first-order valence-electron chi connectivity index (χ1n) is 4.95. The largest absolute Gasteiger partial charge is 0.396 e. The van der Waals surface area contributed by atoms with Crippen molar-refractivity contribution in [2.75, 3.05) is 17.6 Å². The molecule has 2 aromatic rings. The number of hydrogen-bond acceptors (Lipinski definition) is 7. The van der Waals surface area contributed by atoms with Gasteiger partial charge in [-0.2, -0.15) is 10.2 Å². The molecule has 0 unspecified atom stereocenters. The molecule has 7 heteroatoms. The van der Waals surface area contributed by atoms with Gasteiger partial charge in [-0.05, 0) is 12.1 Å². The molecule has 0 fully saturated rings. The third-order valence-corrected chi connectivity index (χ3v) is 2.08. The first-order valence-corrected chi connectivity index (χ1v) is 4.95. The fourth-order valence-corrected chi connectivity index (χ4v) is 1.26. The van der Waals surface area contributed by atoms with Crippen LogP contribution in [0.15, 0.2) is 23.0 Å². The molecule has 0 saturated carbocycles. The van der Waals surface area contributed by atoms with Crippen LogP contribution >= 0.6 is 0 Å². The Bertz CT molecular complexity index is 530. The van der Waals surface area contributed by atoms with Gasteiger partial charge in [-0.15, -0.1) is 0 Å². The molecule has 0 aliphatic carbocycles. The zero-order chi connectivity index (χ0) is 12.1. The van der Waals surface area contributed by atoms with E-state index in [1.807, 2.05) is 6.07 Å². The molecule has 0 amide bonds. The molecule has 17 heavy (non-hydrogen) atoms. The molecule has 0 atom stereocenters. The number of nitrogen functional groups attached to an aromatic ring is 1. The Morgan fingerprint density at radius 3 is 3.06 bits per heavy atom. The molecule has 0 saturated heterocycles. The van der Waals surface area contributed by atoms with Crippen LogP contribution in [0.1, 0.15) is 11.6 Å². The first kappa shape index (κ1) is 10.9. The van der Waals surface area contributed by atoms with E-state index in [4.69, 9.17) is 15.5 Å². The lowest BCUT2D eigenvalue weighted by Gasteiger charge is -2.04. The van der Waals surface area contributed by atoms with Crippen LogP contribution in [0.25, 0.3) is 0 Å². The average Bonchev–Trinajstić information content (AvgIpc) is 2.84. The Labute approximate surface area is 97.3 Å². The van der Waals surface area contributed by atoms with Crippen LogP contribution in [0.4, 0.5) is 11.5 Å². The van der Waals surface area contributed by atoms with Gasteiger partial charge >= 0.3 is 0 Å². The van der Waals surface area contributed by atoms with E-state index < -0.39 is 0 Å². The summed E-state index contributed by atoms with van der Waals surface area (Å²) in [5.41, 5.74) is 6.15. The SMILES string of the molecule is N#Cc1nc(NCCc2ncno2)ccc1N. The summed E-state index contributed by atoms with van der Waals surface area (Å²) in [5.74, 6) is 1.14. The van der Waals surface area contributed by atoms with Crippen LogP contribution in [0.2, 0.25) is 0 Å². The van der Waals surface area contributed by atoms with E-state index in [1.54, 1.807) is 12.1 Å². The van der Waals surface area contributed by atoms with Crippen LogP contribution < -0.4 is 11.1 Å². The zero-order valence-electron chi connectivity index (χ0n) is 8.92. The van der Waals surface area contributed by atoms with Crippen LogP contribution in [-0.2, 0) is 6.42 Å². The summed E-state index contributed by atoms with van der Waals surface area (Å²) >= 11 is 0. The lowest BCUT2D eigenvalue weighted by molar-refractivity contribution is 0.379. The Hall–Kier alpha value is -2.62. The minimum Gasteiger partial charge on any atom is -0.396 e. The van der Waals surface area contributed by atoms with Crippen molar-refractivity contribution in [2.45, 2.75) is 6.42 Å². The van der Waals surface area contributed by atoms with Crippen molar-refractivity contribution in [1.82, 2.24) is 15.1 Å². The minimum atomic E-state index is 0.216. The van der Waals surface area contributed by atoms with Crippen molar-refractivity contribution in [3.05, 3.63) is 30.0 Å². The van der Waals surface area contributed by atoms with Gasteiger partial charge in [0.05, 0.1) is 5.69 Å². The normalized spacial score (nSPS) is 9.82. The maximum absolute atomic E-state index is 8.76. The fourth-order valence-electron chi connectivity index (χ4n) is 1.26. The highest BCUT2D eigenvalue weighted by Gasteiger charge is 2.03. The van der Waals surface area contributed by atoms with Crippen LogP contribution in [0.5, 0.6) is 0 Å². The number of nitrogens with two attached hydrogens (primary N) is 1. The van der Waals surface area contributed by atoms with Crippen molar-refractivity contribution in [3.8, 4) is 6.07 Å². The third kappa shape index (κ3) is 2.69. The number of nitrogens with one attached hydrogen (secondary N) is 1. The summed E-state index contributed by atoms with van der Waals surface area (Å²) in [7, 11) is 0. The second-order valence-corrected chi connectivity index (χ2v) is 3.26. The van der Waals surface area contributed by atoms with E-state index in [1.165, 1.54) is 6.33 Å². The summed E-state index contributed by atoms with van der Waals surface area (Å²) in [6.45, 7) is 0.587. The van der Waals surface area contributed by atoms with E-state index in [0.717, 1.165) is 0 Å². The van der Waals surface area contributed by atoms with E-state index in [9.17, 15) is 0 Å². The summed E-state index contributed by atoms with van der Waals surface area (Å²) in [6, 6.07) is 5.27. The molecule has 86 valence electrons. The number of hydrogen-bond donors (Lipinski definition) is 2. The van der Waals surface area contributed by atoms with E-state index in [0.29, 0.717) is 30.4 Å². The lowest BCUT2D eigenvalue weighted by Crippen LogP contribution is -2.07. The molecular formula is C10H10N6O. The number of anilines is 2. The summed E-state index contributed by atoms with van der Waals surface area (Å²) < 4.78 is 4.84. The predicted molar refractivity (Wildman–Crippen MR) is 59.9 cm³/mol. The van der Waals surface area contributed by atoms with Gasteiger partial charge in [0.25, 0.3) is 0 Å². The molecule has 0 spiro atoms. The van der Waals surface area contributed by atoms with Crippen LogP contribution in [0, 0.1) is 11.3 Å². The first-order chi connectivity index (χ1) is 8.29. The number of rotatable bonds is 4. The van der Waals surface area contributed by atoms with Crippen LogP contribution in [-0.4, -0.2) is 21.7 Å². The molecule has 0 bridgehead atoms. The van der Waals surface area contributed by atoms with Gasteiger partial charge in [0.15, 0.2) is 12.0 Å². The molecule has 0 aliphatic rings. The van der Waals surface area contributed by atoms with Gasteiger partial charge < -0.3 is 15.6 Å². The number of pyridine rings is 1. The standard InChI is InChI=1S/C10H10N6O/c11-5-8-7(12)1-2-9(16-8)13-4-3-10-14-6-15-17-10/h1-2,6H,3-4,12H2,(H,13,16). The molecule has 7 nitrogen and oxygen atoms in total. The number of nitrogens with zero attached hydrogens (tertiary/aromatic N) is 4.